The minimum Gasteiger partial charge on any atom is -0.353 e. The van der Waals surface area contributed by atoms with Crippen LogP contribution in [-0.4, -0.2) is 33.6 Å². The Kier molecular flexibility index (Phi) is 3.78. The second kappa shape index (κ2) is 4.98. The van der Waals surface area contributed by atoms with Crippen molar-refractivity contribution in [1.82, 2.24) is 9.97 Å². The number of anilines is 1. The zero-order chi connectivity index (χ0) is 12.5. The van der Waals surface area contributed by atoms with Crippen LogP contribution in [0.4, 0.5) is 10.2 Å². The molecule has 0 atom stereocenters. The van der Waals surface area contributed by atoms with E-state index < -0.39 is 5.82 Å². The highest BCUT2D eigenvalue weighted by Gasteiger charge is 2.25. The predicted octanol–water partition coefficient (Wildman–Crippen LogP) is 2.99. The summed E-state index contributed by atoms with van der Waals surface area (Å²) in [6.45, 7) is 6.01. The molecule has 0 radical (unpaired) electrons. The molecule has 1 saturated heterocycles. The Balaban J connectivity index is 2.19. The average Bonchev–Trinajstić information content (AvgIpc) is 2.43. The van der Waals surface area contributed by atoms with Crippen molar-refractivity contribution in [3.8, 4) is 0 Å². The van der Waals surface area contributed by atoms with Crippen LogP contribution < -0.4 is 4.90 Å². The Bertz CT molecular complexity index is 414. The second-order valence-corrected chi connectivity index (χ2v) is 6.80. The first-order valence-electron chi connectivity index (χ1n) is 5.55. The smallest absolute Gasteiger partial charge is 0.224 e. The van der Waals surface area contributed by atoms with Crippen molar-refractivity contribution < 1.29 is 4.39 Å². The molecule has 0 amide bonds. The van der Waals surface area contributed by atoms with E-state index in [0.29, 0.717) is 5.82 Å². The Labute approximate surface area is 110 Å². The summed E-state index contributed by atoms with van der Waals surface area (Å²) < 4.78 is 13.9. The SMILES string of the molecule is CC1(C)CCN(c2nc(Cl)ncc2F)CCS1. The van der Waals surface area contributed by atoms with Gasteiger partial charge >= 0.3 is 0 Å². The molecule has 1 fully saturated rings. The van der Waals surface area contributed by atoms with Gasteiger partial charge in [0.25, 0.3) is 0 Å². The summed E-state index contributed by atoms with van der Waals surface area (Å²) in [6.07, 6.45) is 2.13. The standard InChI is InChI=1S/C11H15ClFN3S/c1-11(2)3-4-16(5-6-17-11)9-8(13)7-14-10(12)15-9/h7H,3-6H2,1-2H3. The lowest BCUT2D eigenvalue weighted by molar-refractivity contribution is 0.589. The summed E-state index contributed by atoms with van der Waals surface area (Å²) in [5, 5.41) is 0.0950. The van der Waals surface area contributed by atoms with Gasteiger partial charge in [-0.2, -0.15) is 16.7 Å². The van der Waals surface area contributed by atoms with Crippen LogP contribution in [0.25, 0.3) is 0 Å². The first-order valence-corrected chi connectivity index (χ1v) is 6.91. The summed E-state index contributed by atoms with van der Waals surface area (Å²) in [4.78, 5) is 9.56. The maximum Gasteiger partial charge on any atom is 0.224 e. The zero-order valence-electron chi connectivity index (χ0n) is 9.91. The quantitative estimate of drug-likeness (QED) is 0.737. The van der Waals surface area contributed by atoms with Crippen molar-refractivity contribution in [3.05, 3.63) is 17.3 Å². The third-order valence-electron chi connectivity index (χ3n) is 2.83. The molecule has 2 heterocycles. The maximum atomic E-state index is 13.6. The molecule has 1 aliphatic heterocycles. The van der Waals surface area contributed by atoms with Gasteiger partial charge in [-0.3, -0.25) is 0 Å². The van der Waals surface area contributed by atoms with Crippen molar-refractivity contribution in [3.63, 3.8) is 0 Å². The fourth-order valence-corrected chi connectivity index (χ4v) is 3.02. The van der Waals surface area contributed by atoms with Crippen molar-refractivity contribution in [2.75, 3.05) is 23.7 Å². The molecule has 0 spiro atoms. The third-order valence-corrected chi connectivity index (χ3v) is 4.39. The van der Waals surface area contributed by atoms with E-state index in [0.717, 1.165) is 31.5 Å². The molecule has 1 aliphatic rings. The molecule has 0 aromatic carbocycles. The summed E-state index contributed by atoms with van der Waals surface area (Å²) in [5.41, 5.74) is 0. The van der Waals surface area contributed by atoms with Crippen molar-refractivity contribution in [2.45, 2.75) is 25.0 Å². The minimum atomic E-state index is -0.404. The predicted molar refractivity (Wildman–Crippen MR) is 70.4 cm³/mol. The lowest BCUT2D eigenvalue weighted by Gasteiger charge is -2.23. The highest BCUT2D eigenvalue weighted by atomic mass is 35.5. The zero-order valence-corrected chi connectivity index (χ0v) is 11.5. The van der Waals surface area contributed by atoms with Crippen LogP contribution in [-0.2, 0) is 0 Å². The average molecular weight is 276 g/mol. The number of hydrogen-bond acceptors (Lipinski definition) is 4. The van der Waals surface area contributed by atoms with Crippen molar-refractivity contribution in [2.24, 2.45) is 0 Å². The van der Waals surface area contributed by atoms with Crippen LogP contribution in [0.15, 0.2) is 6.20 Å². The van der Waals surface area contributed by atoms with Crippen molar-refractivity contribution in [1.29, 1.82) is 0 Å². The van der Waals surface area contributed by atoms with Gasteiger partial charge in [0.15, 0.2) is 11.6 Å². The molecular formula is C11H15ClFN3S. The van der Waals surface area contributed by atoms with E-state index >= 15 is 0 Å². The van der Waals surface area contributed by atoms with E-state index in [-0.39, 0.29) is 10.0 Å². The maximum absolute atomic E-state index is 13.6. The van der Waals surface area contributed by atoms with E-state index in [1.165, 1.54) is 0 Å². The molecular weight excluding hydrogens is 261 g/mol. The largest absolute Gasteiger partial charge is 0.353 e. The fourth-order valence-electron chi connectivity index (χ4n) is 1.79. The van der Waals surface area contributed by atoms with Gasteiger partial charge in [-0.15, -0.1) is 0 Å². The van der Waals surface area contributed by atoms with Gasteiger partial charge in [0.2, 0.25) is 5.28 Å². The molecule has 2 rings (SSSR count). The fraction of sp³-hybridized carbons (Fsp3) is 0.636. The number of nitrogens with zero attached hydrogens (tertiary/aromatic N) is 3. The van der Waals surface area contributed by atoms with Crippen LogP contribution in [0.2, 0.25) is 5.28 Å². The van der Waals surface area contributed by atoms with E-state index in [1.807, 2.05) is 16.7 Å². The van der Waals surface area contributed by atoms with E-state index in [1.54, 1.807) is 0 Å². The Morgan fingerprint density at radius 2 is 2.24 bits per heavy atom. The summed E-state index contributed by atoms with van der Waals surface area (Å²) >= 11 is 7.62. The first kappa shape index (κ1) is 12.9. The molecule has 3 nitrogen and oxygen atoms in total. The number of rotatable bonds is 1. The topological polar surface area (TPSA) is 29.0 Å². The molecule has 0 bridgehead atoms. The highest BCUT2D eigenvalue weighted by Crippen LogP contribution is 2.32. The number of thioether (sulfide) groups is 1. The van der Waals surface area contributed by atoms with Crippen molar-refractivity contribution >= 4 is 29.2 Å². The number of halogens is 2. The first-order chi connectivity index (χ1) is 7.98. The molecule has 1 aromatic heterocycles. The molecule has 0 N–H and O–H groups in total. The van der Waals surface area contributed by atoms with Crippen LogP contribution in [0, 0.1) is 5.82 Å². The lowest BCUT2D eigenvalue weighted by atomic mass is 10.1. The second-order valence-electron chi connectivity index (χ2n) is 4.66. The normalized spacial score (nSPS) is 20.1. The number of aromatic nitrogens is 2. The summed E-state index contributed by atoms with van der Waals surface area (Å²) in [6, 6.07) is 0. The van der Waals surface area contributed by atoms with Gasteiger partial charge in [0.05, 0.1) is 6.20 Å². The summed E-state index contributed by atoms with van der Waals surface area (Å²) in [7, 11) is 0. The molecule has 0 unspecified atom stereocenters. The van der Waals surface area contributed by atoms with E-state index in [4.69, 9.17) is 11.6 Å². The highest BCUT2D eigenvalue weighted by molar-refractivity contribution is 8.00. The van der Waals surface area contributed by atoms with Gasteiger partial charge < -0.3 is 4.90 Å². The molecule has 0 saturated carbocycles. The molecule has 94 valence electrons. The van der Waals surface area contributed by atoms with Gasteiger partial charge in [-0.05, 0) is 18.0 Å². The molecule has 17 heavy (non-hydrogen) atoms. The van der Waals surface area contributed by atoms with Gasteiger partial charge in [-0.1, -0.05) is 13.8 Å². The molecule has 0 aliphatic carbocycles. The van der Waals surface area contributed by atoms with Gasteiger partial charge in [0.1, 0.15) is 0 Å². The Morgan fingerprint density at radius 1 is 1.47 bits per heavy atom. The van der Waals surface area contributed by atoms with Crippen LogP contribution >= 0.6 is 23.4 Å². The van der Waals surface area contributed by atoms with E-state index in [2.05, 4.69) is 23.8 Å². The molecule has 1 aromatic rings. The minimum absolute atomic E-state index is 0.0950. The van der Waals surface area contributed by atoms with Gasteiger partial charge in [-0.25, -0.2) is 9.37 Å². The van der Waals surface area contributed by atoms with E-state index in [9.17, 15) is 4.39 Å². The number of hydrogen-bond donors (Lipinski definition) is 0. The Hall–Kier alpha value is -0.550. The summed E-state index contributed by atoms with van der Waals surface area (Å²) in [5.74, 6) is 0.885. The monoisotopic (exact) mass is 275 g/mol. The van der Waals surface area contributed by atoms with Gasteiger partial charge in [0, 0.05) is 23.6 Å². The van der Waals surface area contributed by atoms with Crippen LogP contribution in [0.5, 0.6) is 0 Å². The van der Waals surface area contributed by atoms with Crippen LogP contribution in [0.3, 0.4) is 0 Å². The lowest BCUT2D eigenvalue weighted by Crippen LogP contribution is -2.28. The Morgan fingerprint density at radius 3 is 3.00 bits per heavy atom. The third kappa shape index (κ3) is 3.22. The van der Waals surface area contributed by atoms with Crippen LogP contribution in [0.1, 0.15) is 20.3 Å². The molecule has 6 heteroatoms.